The van der Waals surface area contributed by atoms with E-state index < -0.39 is 0 Å². The van der Waals surface area contributed by atoms with Gasteiger partial charge in [-0.3, -0.25) is 9.88 Å². The molecule has 116 valence electrons. The SMILES string of the molecule is COc1ccc(CN2C[C@@H](Cc3ccncc3)[C@H](O)C2)cn1. The fourth-order valence-corrected chi connectivity index (χ4v) is 2.98. The van der Waals surface area contributed by atoms with E-state index in [1.54, 1.807) is 19.5 Å². The van der Waals surface area contributed by atoms with Gasteiger partial charge in [0.15, 0.2) is 0 Å². The van der Waals surface area contributed by atoms with E-state index in [1.807, 2.05) is 30.5 Å². The number of nitrogens with zero attached hydrogens (tertiary/aromatic N) is 3. The Balaban J connectivity index is 1.58. The first-order chi connectivity index (χ1) is 10.7. The number of ether oxygens (including phenoxy) is 1. The van der Waals surface area contributed by atoms with Crippen LogP contribution in [0.15, 0.2) is 42.9 Å². The number of hydrogen-bond donors (Lipinski definition) is 1. The molecule has 0 spiro atoms. The Morgan fingerprint density at radius 2 is 2.00 bits per heavy atom. The van der Waals surface area contributed by atoms with Gasteiger partial charge in [0.25, 0.3) is 0 Å². The van der Waals surface area contributed by atoms with Gasteiger partial charge in [0.2, 0.25) is 5.88 Å². The molecule has 0 unspecified atom stereocenters. The number of likely N-dealkylation sites (tertiary alicyclic amines) is 1. The Hall–Kier alpha value is -1.98. The summed E-state index contributed by atoms with van der Waals surface area (Å²) in [6.07, 6.45) is 6.05. The molecule has 1 fully saturated rings. The zero-order chi connectivity index (χ0) is 15.4. The topological polar surface area (TPSA) is 58.5 Å². The van der Waals surface area contributed by atoms with Gasteiger partial charge in [-0.15, -0.1) is 0 Å². The van der Waals surface area contributed by atoms with Crippen molar-refractivity contribution in [2.45, 2.75) is 19.1 Å². The molecule has 1 aliphatic heterocycles. The molecule has 1 aliphatic rings. The molecule has 22 heavy (non-hydrogen) atoms. The van der Waals surface area contributed by atoms with E-state index in [0.29, 0.717) is 12.4 Å². The van der Waals surface area contributed by atoms with Gasteiger partial charge < -0.3 is 9.84 Å². The van der Waals surface area contributed by atoms with Crippen molar-refractivity contribution >= 4 is 0 Å². The van der Waals surface area contributed by atoms with E-state index in [4.69, 9.17) is 4.74 Å². The van der Waals surface area contributed by atoms with Gasteiger partial charge >= 0.3 is 0 Å². The lowest BCUT2D eigenvalue weighted by molar-refractivity contribution is 0.141. The molecule has 0 aliphatic carbocycles. The highest BCUT2D eigenvalue weighted by Crippen LogP contribution is 2.23. The molecule has 2 aromatic heterocycles. The van der Waals surface area contributed by atoms with E-state index in [0.717, 1.165) is 25.1 Å². The van der Waals surface area contributed by atoms with Crippen LogP contribution in [0.2, 0.25) is 0 Å². The molecule has 0 radical (unpaired) electrons. The number of pyridine rings is 2. The number of rotatable bonds is 5. The van der Waals surface area contributed by atoms with Crippen LogP contribution in [-0.4, -0.2) is 46.3 Å². The third kappa shape index (κ3) is 3.61. The van der Waals surface area contributed by atoms with Crippen LogP contribution in [0.3, 0.4) is 0 Å². The summed E-state index contributed by atoms with van der Waals surface area (Å²) in [6.45, 7) is 2.41. The monoisotopic (exact) mass is 299 g/mol. The first kappa shape index (κ1) is 14.9. The predicted molar refractivity (Wildman–Crippen MR) is 83.5 cm³/mol. The summed E-state index contributed by atoms with van der Waals surface area (Å²) in [5.74, 6) is 0.898. The number of methoxy groups -OCH3 is 1. The molecular weight excluding hydrogens is 278 g/mol. The largest absolute Gasteiger partial charge is 0.481 e. The van der Waals surface area contributed by atoms with Crippen LogP contribution in [0.1, 0.15) is 11.1 Å². The standard InChI is InChI=1S/C17H21N3O2/c1-22-17-3-2-14(9-19-17)10-20-11-15(16(21)12-20)8-13-4-6-18-7-5-13/h2-7,9,15-16,21H,8,10-12H2,1H3/t15-,16-/m1/s1. The van der Waals surface area contributed by atoms with Crippen LogP contribution >= 0.6 is 0 Å². The molecule has 1 saturated heterocycles. The fraction of sp³-hybridized carbons (Fsp3) is 0.412. The van der Waals surface area contributed by atoms with Crippen LogP contribution in [0.25, 0.3) is 0 Å². The molecule has 2 aromatic rings. The summed E-state index contributed by atoms with van der Waals surface area (Å²) in [5.41, 5.74) is 2.37. The van der Waals surface area contributed by atoms with Crippen LogP contribution in [-0.2, 0) is 13.0 Å². The van der Waals surface area contributed by atoms with Crippen molar-refractivity contribution in [3.8, 4) is 5.88 Å². The first-order valence-corrected chi connectivity index (χ1v) is 7.53. The minimum absolute atomic E-state index is 0.272. The van der Waals surface area contributed by atoms with E-state index in [-0.39, 0.29) is 12.0 Å². The summed E-state index contributed by atoms with van der Waals surface area (Å²) in [5, 5.41) is 10.3. The summed E-state index contributed by atoms with van der Waals surface area (Å²) in [6, 6.07) is 7.93. The zero-order valence-electron chi connectivity index (χ0n) is 12.7. The Kier molecular flexibility index (Phi) is 4.65. The van der Waals surface area contributed by atoms with Crippen molar-refractivity contribution in [3.05, 3.63) is 54.0 Å². The second-order valence-electron chi connectivity index (χ2n) is 5.79. The molecule has 5 heteroatoms. The van der Waals surface area contributed by atoms with Gasteiger partial charge in [-0.2, -0.15) is 0 Å². The number of aliphatic hydroxyl groups excluding tert-OH is 1. The molecule has 3 heterocycles. The van der Waals surface area contributed by atoms with Gasteiger partial charge in [0, 0.05) is 50.2 Å². The Bertz CT molecular complexity index is 589. The molecule has 2 atom stereocenters. The maximum Gasteiger partial charge on any atom is 0.212 e. The summed E-state index contributed by atoms with van der Waals surface area (Å²) >= 11 is 0. The molecule has 0 bridgehead atoms. The van der Waals surface area contributed by atoms with Gasteiger partial charge in [-0.25, -0.2) is 4.98 Å². The highest BCUT2D eigenvalue weighted by atomic mass is 16.5. The number of aliphatic hydroxyl groups is 1. The van der Waals surface area contributed by atoms with Crippen molar-refractivity contribution in [1.82, 2.24) is 14.9 Å². The van der Waals surface area contributed by atoms with Crippen LogP contribution in [0, 0.1) is 5.92 Å². The van der Waals surface area contributed by atoms with Crippen molar-refractivity contribution in [1.29, 1.82) is 0 Å². The van der Waals surface area contributed by atoms with Gasteiger partial charge in [0.05, 0.1) is 13.2 Å². The highest BCUT2D eigenvalue weighted by molar-refractivity contribution is 5.18. The summed E-state index contributed by atoms with van der Waals surface area (Å²) < 4.78 is 5.07. The average Bonchev–Trinajstić information content (AvgIpc) is 2.88. The lowest BCUT2D eigenvalue weighted by atomic mass is 9.97. The molecular formula is C17H21N3O2. The van der Waals surface area contributed by atoms with E-state index in [2.05, 4.69) is 14.9 Å². The van der Waals surface area contributed by atoms with Crippen molar-refractivity contribution in [2.24, 2.45) is 5.92 Å². The van der Waals surface area contributed by atoms with E-state index in [1.165, 1.54) is 5.56 Å². The summed E-state index contributed by atoms with van der Waals surface area (Å²) in [4.78, 5) is 10.5. The van der Waals surface area contributed by atoms with E-state index >= 15 is 0 Å². The van der Waals surface area contributed by atoms with E-state index in [9.17, 15) is 5.11 Å². The normalized spacial score (nSPS) is 21.9. The smallest absolute Gasteiger partial charge is 0.212 e. The Labute approximate surface area is 130 Å². The zero-order valence-corrected chi connectivity index (χ0v) is 12.7. The molecule has 0 aromatic carbocycles. The maximum absolute atomic E-state index is 10.3. The number of aromatic nitrogens is 2. The second-order valence-corrected chi connectivity index (χ2v) is 5.79. The maximum atomic E-state index is 10.3. The fourth-order valence-electron chi connectivity index (χ4n) is 2.98. The lowest BCUT2D eigenvalue weighted by Gasteiger charge is -2.15. The Morgan fingerprint density at radius 1 is 1.18 bits per heavy atom. The third-order valence-electron chi connectivity index (χ3n) is 4.14. The third-order valence-corrected chi connectivity index (χ3v) is 4.14. The minimum atomic E-state index is -0.278. The van der Waals surface area contributed by atoms with Crippen molar-refractivity contribution in [3.63, 3.8) is 0 Å². The molecule has 0 saturated carbocycles. The van der Waals surface area contributed by atoms with Crippen molar-refractivity contribution in [2.75, 3.05) is 20.2 Å². The van der Waals surface area contributed by atoms with Crippen molar-refractivity contribution < 1.29 is 9.84 Å². The average molecular weight is 299 g/mol. The number of β-amino-alcohol motifs (C(OH)–C–C–N with tert-alkyl or cyclic N) is 1. The first-order valence-electron chi connectivity index (χ1n) is 7.53. The van der Waals surface area contributed by atoms with Gasteiger partial charge in [-0.1, -0.05) is 6.07 Å². The molecule has 1 N–H and O–H groups in total. The van der Waals surface area contributed by atoms with Crippen LogP contribution < -0.4 is 4.74 Å². The molecule has 3 rings (SSSR count). The number of hydrogen-bond acceptors (Lipinski definition) is 5. The molecule has 0 amide bonds. The minimum Gasteiger partial charge on any atom is -0.481 e. The van der Waals surface area contributed by atoms with Gasteiger partial charge in [-0.05, 0) is 29.7 Å². The summed E-state index contributed by atoms with van der Waals surface area (Å²) in [7, 11) is 1.61. The lowest BCUT2D eigenvalue weighted by Crippen LogP contribution is -2.21. The predicted octanol–water partition coefficient (Wildman–Crippen LogP) is 1.52. The van der Waals surface area contributed by atoms with Crippen LogP contribution in [0.4, 0.5) is 0 Å². The molecule has 5 nitrogen and oxygen atoms in total. The van der Waals surface area contributed by atoms with Gasteiger partial charge in [0.1, 0.15) is 0 Å². The Morgan fingerprint density at radius 3 is 2.68 bits per heavy atom. The second kappa shape index (κ2) is 6.85. The highest BCUT2D eigenvalue weighted by Gasteiger charge is 2.31. The quantitative estimate of drug-likeness (QED) is 0.907. The van der Waals surface area contributed by atoms with Crippen LogP contribution in [0.5, 0.6) is 5.88 Å².